The van der Waals surface area contributed by atoms with Crippen LogP contribution in [0.15, 0.2) is 0 Å². The van der Waals surface area contributed by atoms with Crippen molar-refractivity contribution >= 4 is 0 Å². The van der Waals surface area contributed by atoms with Gasteiger partial charge in [0.15, 0.2) is 0 Å². The summed E-state index contributed by atoms with van der Waals surface area (Å²) in [5, 5.41) is 3.67. The van der Waals surface area contributed by atoms with Gasteiger partial charge >= 0.3 is 0 Å². The molecular weight excluding hydrogens is 196 g/mol. The van der Waals surface area contributed by atoms with Crippen LogP contribution >= 0.6 is 0 Å². The molecule has 0 spiro atoms. The molecule has 1 aliphatic heterocycles. The van der Waals surface area contributed by atoms with Crippen LogP contribution in [-0.2, 0) is 0 Å². The van der Waals surface area contributed by atoms with Crippen molar-refractivity contribution in [3.63, 3.8) is 0 Å². The predicted octanol–water partition coefficient (Wildman–Crippen LogP) is 2.89. The van der Waals surface area contributed by atoms with Gasteiger partial charge in [0.05, 0.1) is 0 Å². The lowest BCUT2D eigenvalue weighted by Gasteiger charge is -2.39. The van der Waals surface area contributed by atoms with Crippen LogP contribution < -0.4 is 5.32 Å². The van der Waals surface area contributed by atoms with E-state index in [1.165, 1.54) is 45.3 Å². The second-order valence-corrected chi connectivity index (χ2v) is 5.43. The molecule has 3 unspecified atom stereocenters. The summed E-state index contributed by atoms with van der Waals surface area (Å²) in [6, 6.07) is 1.48. The van der Waals surface area contributed by atoms with Crippen LogP contribution in [0.3, 0.4) is 0 Å². The van der Waals surface area contributed by atoms with E-state index < -0.39 is 0 Å². The number of piperazine rings is 1. The molecule has 0 aromatic carbocycles. The van der Waals surface area contributed by atoms with E-state index in [1.807, 2.05) is 0 Å². The molecule has 1 heterocycles. The van der Waals surface area contributed by atoms with E-state index in [-0.39, 0.29) is 0 Å². The minimum atomic E-state index is 0.711. The van der Waals surface area contributed by atoms with Crippen molar-refractivity contribution < 1.29 is 0 Å². The highest BCUT2D eigenvalue weighted by Gasteiger charge is 2.25. The fourth-order valence-electron chi connectivity index (χ4n) is 2.55. The lowest BCUT2D eigenvalue weighted by Crippen LogP contribution is -2.55. The Kier molecular flexibility index (Phi) is 6.37. The van der Waals surface area contributed by atoms with Crippen molar-refractivity contribution in [1.29, 1.82) is 0 Å². The first-order valence-electron chi connectivity index (χ1n) is 7.16. The second-order valence-electron chi connectivity index (χ2n) is 5.43. The summed E-state index contributed by atoms with van der Waals surface area (Å²) in [6.07, 6.45) is 5.35. The third-order valence-corrected chi connectivity index (χ3v) is 4.17. The third-order valence-electron chi connectivity index (χ3n) is 4.17. The average Bonchev–Trinajstić information content (AvgIpc) is 2.35. The molecule has 0 radical (unpaired) electrons. The predicted molar refractivity (Wildman–Crippen MR) is 71.8 cm³/mol. The zero-order chi connectivity index (χ0) is 12.0. The molecule has 16 heavy (non-hydrogen) atoms. The molecule has 1 rings (SSSR count). The average molecular weight is 226 g/mol. The van der Waals surface area contributed by atoms with Gasteiger partial charge in [-0.15, -0.1) is 0 Å². The topological polar surface area (TPSA) is 15.3 Å². The summed E-state index contributed by atoms with van der Waals surface area (Å²) in [5.74, 6) is 0.807. The maximum atomic E-state index is 3.67. The summed E-state index contributed by atoms with van der Waals surface area (Å²) < 4.78 is 0. The summed E-state index contributed by atoms with van der Waals surface area (Å²) >= 11 is 0. The molecule has 1 saturated heterocycles. The van der Waals surface area contributed by atoms with Gasteiger partial charge in [0.1, 0.15) is 0 Å². The smallest absolute Gasteiger partial charge is 0.0221 e. The molecule has 0 aromatic heterocycles. The first-order chi connectivity index (χ1) is 7.69. The Bertz CT molecular complexity index is 182. The van der Waals surface area contributed by atoms with Gasteiger partial charge in [-0.25, -0.2) is 0 Å². The SMILES string of the molecule is CCCCC(C)N1CCNC(C(C)CC)C1. The zero-order valence-corrected chi connectivity index (χ0v) is 11.6. The fourth-order valence-corrected chi connectivity index (χ4v) is 2.55. The lowest BCUT2D eigenvalue weighted by molar-refractivity contribution is 0.124. The highest BCUT2D eigenvalue weighted by Crippen LogP contribution is 2.16. The van der Waals surface area contributed by atoms with E-state index in [4.69, 9.17) is 0 Å². The summed E-state index contributed by atoms with van der Waals surface area (Å²) in [7, 11) is 0. The number of rotatable bonds is 6. The van der Waals surface area contributed by atoms with Crippen molar-refractivity contribution in [3.8, 4) is 0 Å². The number of hydrogen-bond acceptors (Lipinski definition) is 2. The molecule has 0 bridgehead atoms. The van der Waals surface area contributed by atoms with E-state index in [0.29, 0.717) is 6.04 Å². The van der Waals surface area contributed by atoms with E-state index in [1.54, 1.807) is 0 Å². The Hall–Kier alpha value is -0.0800. The Morgan fingerprint density at radius 1 is 1.31 bits per heavy atom. The van der Waals surface area contributed by atoms with Gasteiger partial charge < -0.3 is 5.32 Å². The Labute approximate surface area is 102 Å². The second kappa shape index (κ2) is 7.29. The van der Waals surface area contributed by atoms with E-state index in [9.17, 15) is 0 Å². The van der Waals surface area contributed by atoms with Gasteiger partial charge in [-0.1, -0.05) is 40.0 Å². The minimum absolute atomic E-state index is 0.711. The minimum Gasteiger partial charge on any atom is -0.311 e. The molecule has 1 fully saturated rings. The molecule has 3 atom stereocenters. The standard InChI is InChI=1S/C14H30N2/c1-5-7-8-13(4)16-10-9-15-14(11-16)12(3)6-2/h12-15H,5-11H2,1-4H3. The number of hydrogen-bond donors (Lipinski definition) is 1. The van der Waals surface area contributed by atoms with Crippen molar-refractivity contribution in [2.45, 2.75) is 65.5 Å². The van der Waals surface area contributed by atoms with Crippen LogP contribution in [-0.4, -0.2) is 36.6 Å². The quantitative estimate of drug-likeness (QED) is 0.749. The van der Waals surface area contributed by atoms with Gasteiger partial charge in [-0.05, 0) is 19.3 Å². The van der Waals surface area contributed by atoms with Gasteiger partial charge in [0.2, 0.25) is 0 Å². The monoisotopic (exact) mass is 226 g/mol. The first kappa shape index (κ1) is 14.0. The molecule has 1 N–H and O–H groups in total. The van der Waals surface area contributed by atoms with Gasteiger partial charge in [-0.3, -0.25) is 4.90 Å². The highest BCUT2D eigenvalue weighted by molar-refractivity contribution is 4.84. The fraction of sp³-hybridized carbons (Fsp3) is 1.00. The van der Waals surface area contributed by atoms with E-state index >= 15 is 0 Å². The Morgan fingerprint density at radius 3 is 2.69 bits per heavy atom. The molecule has 0 aliphatic carbocycles. The van der Waals surface area contributed by atoms with E-state index in [0.717, 1.165) is 12.0 Å². The lowest BCUT2D eigenvalue weighted by atomic mass is 9.96. The maximum Gasteiger partial charge on any atom is 0.0221 e. The molecule has 2 nitrogen and oxygen atoms in total. The molecule has 96 valence electrons. The first-order valence-corrected chi connectivity index (χ1v) is 7.16. The van der Waals surface area contributed by atoms with Crippen LogP contribution in [0.1, 0.15) is 53.4 Å². The van der Waals surface area contributed by atoms with Crippen molar-refractivity contribution in [2.75, 3.05) is 19.6 Å². The molecular formula is C14H30N2. The van der Waals surface area contributed by atoms with Gasteiger partial charge in [0, 0.05) is 31.7 Å². The van der Waals surface area contributed by atoms with Crippen LogP contribution in [0, 0.1) is 5.92 Å². The highest BCUT2D eigenvalue weighted by atomic mass is 15.2. The zero-order valence-electron chi connectivity index (χ0n) is 11.6. The largest absolute Gasteiger partial charge is 0.311 e. The molecule has 2 heteroatoms. The van der Waals surface area contributed by atoms with Gasteiger partial charge in [-0.2, -0.15) is 0 Å². The Balaban J connectivity index is 2.37. The van der Waals surface area contributed by atoms with Crippen LogP contribution in [0.25, 0.3) is 0 Å². The molecule has 0 amide bonds. The molecule has 0 saturated carbocycles. The van der Waals surface area contributed by atoms with Gasteiger partial charge in [0.25, 0.3) is 0 Å². The van der Waals surface area contributed by atoms with Crippen molar-refractivity contribution in [2.24, 2.45) is 5.92 Å². The summed E-state index contributed by atoms with van der Waals surface area (Å²) in [4.78, 5) is 2.68. The summed E-state index contributed by atoms with van der Waals surface area (Å²) in [6.45, 7) is 13.0. The van der Waals surface area contributed by atoms with Crippen molar-refractivity contribution in [3.05, 3.63) is 0 Å². The Morgan fingerprint density at radius 2 is 2.06 bits per heavy atom. The molecule has 0 aromatic rings. The van der Waals surface area contributed by atoms with Crippen LogP contribution in [0.4, 0.5) is 0 Å². The molecule has 1 aliphatic rings. The van der Waals surface area contributed by atoms with E-state index in [2.05, 4.69) is 37.9 Å². The maximum absolute atomic E-state index is 3.67. The number of nitrogens with one attached hydrogen (secondary N) is 1. The normalized spacial score (nSPS) is 26.6. The van der Waals surface area contributed by atoms with Crippen molar-refractivity contribution in [1.82, 2.24) is 10.2 Å². The number of nitrogens with zero attached hydrogens (tertiary/aromatic N) is 1. The number of unbranched alkanes of at least 4 members (excludes halogenated alkanes) is 1. The van der Waals surface area contributed by atoms with Crippen LogP contribution in [0.5, 0.6) is 0 Å². The third kappa shape index (κ3) is 4.06. The van der Waals surface area contributed by atoms with Crippen LogP contribution in [0.2, 0.25) is 0 Å². The summed E-state index contributed by atoms with van der Waals surface area (Å²) in [5.41, 5.74) is 0.